The van der Waals surface area contributed by atoms with Crippen LogP contribution in [0.2, 0.25) is 5.82 Å². The van der Waals surface area contributed by atoms with Crippen molar-refractivity contribution >= 4 is 13.1 Å². The highest BCUT2D eigenvalue weighted by Gasteiger charge is 2.57. The van der Waals surface area contributed by atoms with Crippen molar-refractivity contribution in [1.29, 1.82) is 0 Å². The van der Waals surface area contributed by atoms with Gasteiger partial charge in [-0.2, -0.15) is 0 Å². The average Bonchev–Trinajstić information content (AvgIpc) is 2.77. The van der Waals surface area contributed by atoms with Crippen LogP contribution in [-0.2, 0) is 18.8 Å². The third kappa shape index (κ3) is 2.43. The van der Waals surface area contributed by atoms with Crippen molar-refractivity contribution in [3.63, 3.8) is 0 Å². The SMILES string of the molecule is COC(=O)[C@@H]1[C@@H](B2OC(C)(C)C(C)(C)O2)CC[C@@H]1C. The molecule has 1 saturated carbocycles. The number of carbonyl (C=O) groups is 1. The van der Waals surface area contributed by atoms with E-state index in [9.17, 15) is 4.79 Å². The summed E-state index contributed by atoms with van der Waals surface area (Å²) in [4.78, 5) is 12.0. The van der Waals surface area contributed by atoms with Gasteiger partial charge < -0.3 is 14.0 Å². The van der Waals surface area contributed by atoms with Gasteiger partial charge in [0.05, 0.1) is 24.2 Å². The zero-order chi connectivity index (χ0) is 14.4. The Kier molecular flexibility index (Phi) is 3.73. The maximum Gasteiger partial charge on any atom is 0.462 e. The fourth-order valence-electron chi connectivity index (χ4n) is 3.15. The normalized spacial score (nSPS) is 36.5. The van der Waals surface area contributed by atoms with E-state index in [1.54, 1.807) is 0 Å². The molecule has 2 rings (SSSR count). The fourth-order valence-corrected chi connectivity index (χ4v) is 3.15. The summed E-state index contributed by atoms with van der Waals surface area (Å²) in [5.74, 6) is 0.185. The molecule has 0 unspecified atom stereocenters. The third-order valence-corrected chi connectivity index (χ3v) is 5.12. The van der Waals surface area contributed by atoms with E-state index in [-0.39, 0.29) is 36.0 Å². The van der Waals surface area contributed by atoms with E-state index in [1.807, 2.05) is 27.7 Å². The van der Waals surface area contributed by atoms with Gasteiger partial charge in [-0.1, -0.05) is 19.8 Å². The Labute approximate surface area is 116 Å². The summed E-state index contributed by atoms with van der Waals surface area (Å²) in [5.41, 5.74) is -0.686. The Morgan fingerprint density at radius 3 is 2.16 bits per heavy atom. The molecule has 1 aliphatic carbocycles. The first kappa shape index (κ1) is 14.9. The number of rotatable bonds is 2. The molecule has 1 aliphatic heterocycles. The zero-order valence-electron chi connectivity index (χ0n) is 12.9. The summed E-state index contributed by atoms with van der Waals surface area (Å²) >= 11 is 0. The second-order valence-electron chi connectivity index (χ2n) is 6.89. The van der Waals surface area contributed by atoms with E-state index in [2.05, 4.69) is 6.92 Å². The molecule has 2 aliphatic rings. The van der Waals surface area contributed by atoms with E-state index in [4.69, 9.17) is 14.0 Å². The Bertz CT molecular complexity index is 350. The standard InChI is InChI=1S/C14H25BO4/c1-9-7-8-10(11(9)12(16)17-6)15-18-13(2,3)14(4,5)19-15/h9-11H,7-8H2,1-6H3/t9-,10-,11-/m0/s1. The van der Waals surface area contributed by atoms with Crippen LogP contribution < -0.4 is 0 Å². The molecule has 3 atom stereocenters. The molecule has 108 valence electrons. The van der Waals surface area contributed by atoms with E-state index in [0.29, 0.717) is 5.92 Å². The van der Waals surface area contributed by atoms with Crippen LogP contribution in [0.3, 0.4) is 0 Å². The number of esters is 1. The minimum Gasteiger partial charge on any atom is -0.469 e. The first-order chi connectivity index (χ1) is 8.69. The van der Waals surface area contributed by atoms with Crippen LogP contribution in [0.15, 0.2) is 0 Å². The van der Waals surface area contributed by atoms with Crippen molar-refractivity contribution in [1.82, 2.24) is 0 Å². The third-order valence-electron chi connectivity index (χ3n) is 5.12. The molecule has 0 aromatic rings. The highest BCUT2D eigenvalue weighted by Crippen LogP contribution is 2.49. The van der Waals surface area contributed by atoms with Crippen LogP contribution in [0.1, 0.15) is 47.5 Å². The lowest BCUT2D eigenvalue weighted by atomic mass is 9.65. The lowest BCUT2D eigenvalue weighted by molar-refractivity contribution is -0.146. The van der Waals surface area contributed by atoms with E-state index >= 15 is 0 Å². The van der Waals surface area contributed by atoms with Crippen molar-refractivity contribution in [2.45, 2.75) is 64.5 Å². The lowest BCUT2D eigenvalue weighted by Crippen LogP contribution is -2.41. The monoisotopic (exact) mass is 268 g/mol. The molecule has 0 amide bonds. The molecule has 19 heavy (non-hydrogen) atoms. The van der Waals surface area contributed by atoms with Gasteiger partial charge in [0.25, 0.3) is 0 Å². The van der Waals surface area contributed by atoms with Gasteiger partial charge in [-0.25, -0.2) is 0 Å². The molecule has 0 radical (unpaired) electrons. The minimum absolute atomic E-state index is 0.100. The number of methoxy groups -OCH3 is 1. The van der Waals surface area contributed by atoms with Crippen molar-refractivity contribution in [2.24, 2.45) is 11.8 Å². The topological polar surface area (TPSA) is 44.8 Å². The van der Waals surface area contributed by atoms with Crippen LogP contribution in [0.25, 0.3) is 0 Å². The van der Waals surface area contributed by atoms with Crippen LogP contribution in [0, 0.1) is 11.8 Å². The predicted octanol–water partition coefficient (Wildman–Crippen LogP) is 2.67. The number of carbonyl (C=O) groups excluding carboxylic acids is 1. The Balaban J connectivity index is 2.17. The molecule has 0 N–H and O–H groups in total. The lowest BCUT2D eigenvalue weighted by Gasteiger charge is -2.32. The molecule has 1 saturated heterocycles. The Morgan fingerprint density at radius 2 is 1.68 bits per heavy atom. The summed E-state index contributed by atoms with van der Waals surface area (Å²) < 4.78 is 17.1. The van der Waals surface area contributed by atoms with Crippen molar-refractivity contribution in [3.8, 4) is 0 Å². The van der Waals surface area contributed by atoms with Crippen LogP contribution in [0.5, 0.6) is 0 Å². The Hall–Kier alpha value is -0.545. The first-order valence-electron chi connectivity index (χ1n) is 7.13. The van der Waals surface area contributed by atoms with Crippen LogP contribution >= 0.6 is 0 Å². The van der Waals surface area contributed by atoms with Gasteiger partial charge >= 0.3 is 13.1 Å². The molecule has 2 fully saturated rings. The van der Waals surface area contributed by atoms with Crippen molar-refractivity contribution in [3.05, 3.63) is 0 Å². The molecule has 0 spiro atoms. The van der Waals surface area contributed by atoms with E-state index in [1.165, 1.54) is 7.11 Å². The van der Waals surface area contributed by atoms with Crippen molar-refractivity contribution < 1.29 is 18.8 Å². The largest absolute Gasteiger partial charge is 0.469 e. The Morgan fingerprint density at radius 1 is 1.16 bits per heavy atom. The summed E-state index contributed by atoms with van der Waals surface area (Å²) in [6.07, 6.45) is 1.98. The molecule has 0 aromatic heterocycles. The summed E-state index contributed by atoms with van der Waals surface area (Å²) in [6, 6.07) is 0. The van der Waals surface area contributed by atoms with Crippen molar-refractivity contribution in [2.75, 3.05) is 7.11 Å². The molecule has 0 aromatic carbocycles. The number of hydrogen-bond acceptors (Lipinski definition) is 4. The van der Waals surface area contributed by atoms with Gasteiger partial charge in [0.2, 0.25) is 0 Å². The number of hydrogen-bond donors (Lipinski definition) is 0. The quantitative estimate of drug-likeness (QED) is 0.570. The first-order valence-corrected chi connectivity index (χ1v) is 7.13. The van der Waals surface area contributed by atoms with Gasteiger partial charge in [-0.3, -0.25) is 4.79 Å². The summed E-state index contributed by atoms with van der Waals surface area (Å²) in [6.45, 7) is 10.3. The smallest absolute Gasteiger partial charge is 0.462 e. The van der Waals surface area contributed by atoms with Crippen LogP contribution in [-0.4, -0.2) is 31.4 Å². The average molecular weight is 268 g/mol. The summed E-state index contributed by atoms with van der Waals surface area (Å²) in [5, 5.41) is 0. The molecule has 4 nitrogen and oxygen atoms in total. The van der Waals surface area contributed by atoms with Gasteiger partial charge in [0.15, 0.2) is 0 Å². The van der Waals surface area contributed by atoms with Crippen LogP contribution in [0.4, 0.5) is 0 Å². The maximum absolute atomic E-state index is 12.0. The maximum atomic E-state index is 12.0. The van der Waals surface area contributed by atoms with E-state index in [0.717, 1.165) is 12.8 Å². The van der Waals surface area contributed by atoms with E-state index < -0.39 is 0 Å². The fraction of sp³-hybridized carbons (Fsp3) is 0.929. The molecular weight excluding hydrogens is 243 g/mol. The summed E-state index contributed by atoms with van der Waals surface area (Å²) in [7, 11) is 1.15. The predicted molar refractivity (Wildman–Crippen MR) is 73.7 cm³/mol. The second-order valence-corrected chi connectivity index (χ2v) is 6.89. The van der Waals surface area contributed by atoms with Gasteiger partial charge in [-0.05, 0) is 33.6 Å². The minimum atomic E-state index is -0.343. The van der Waals surface area contributed by atoms with Gasteiger partial charge in [-0.15, -0.1) is 0 Å². The second kappa shape index (κ2) is 4.78. The molecular formula is C14H25BO4. The highest BCUT2D eigenvalue weighted by atomic mass is 16.7. The molecule has 5 heteroatoms. The zero-order valence-corrected chi connectivity index (χ0v) is 12.9. The van der Waals surface area contributed by atoms with Gasteiger partial charge in [0.1, 0.15) is 0 Å². The van der Waals surface area contributed by atoms with Gasteiger partial charge in [0, 0.05) is 5.82 Å². The molecule has 0 bridgehead atoms. The molecule has 1 heterocycles. The number of ether oxygens (including phenoxy) is 1. The highest BCUT2D eigenvalue weighted by molar-refractivity contribution is 6.48.